The fourth-order valence-corrected chi connectivity index (χ4v) is 3.75. The van der Waals surface area contributed by atoms with Gasteiger partial charge in [-0.25, -0.2) is 0 Å². The number of rotatable bonds is 5. The Hall–Kier alpha value is -0.650. The Kier molecular flexibility index (Phi) is 5.63. The first-order valence-electron chi connectivity index (χ1n) is 8.26. The number of carbonyl (C=O) groups excluding carboxylic acids is 1. The summed E-state index contributed by atoms with van der Waals surface area (Å²) >= 11 is 0. The van der Waals surface area contributed by atoms with Crippen LogP contribution in [0.5, 0.6) is 0 Å². The molecule has 0 aromatic rings. The molecule has 2 fully saturated rings. The van der Waals surface area contributed by atoms with Crippen LogP contribution in [0.4, 0.5) is 0 Å². The minimum Gasteiger partial charge on any atom is -0.368 e. The number of nitrogens with one attached hydrogen (secondary N) is 2. The molecule has 2 rings (SSSR count). The van der Waals surface area contributed by atoms with Crippen LogP contribution in [0.15, 0.2) is 0 Å². The van der Waals surface area contributed by atoms with Crippen LogP contribution in [0.2, 0.25) is 0 Å². The third-order valence-electron chi connectivity index (χ3n) is 5.53. The predicted octanol–water partition coefficient (Wildman–Crippen LogP) is 1.14. The molecule has 1 saturated carbocycles. The molecule has 122 valence electrons. The average Bonchev–Trinajstić information content (AvgIpc) is 2.54. The van der Waals surface area contributed by atoms with Crippen LogP contribution in [0.1, 0.15) is 44.9 Å². The third-order valence-corrected chi connectivity index (χ3v) is 5.53. The Bertz CT molecular complexity index is 345. The minimum atomic E-state index is -0.632. The lowest BCUT2D eigenvalue weighted by molar-refractivity contribution is -0.147. The van der Waals surface area contributed by atoms with Crippen molar-refractivity contribution in [3.05, 3.63) is 0 Å². The second-order valence-electron chi connectivity index (χ2n) is 6.81. The highest BCUT2D eigenvalue weighted by Gasteiger charge is 2.41. The van der Waals surface area contributed by atoms with E-state index in [-0.39, 0.29) is 11.4 Å². The number of carbonyl (C=O) groups is 1. The maximum absolute atomic E-state index is 12.7. The van der Waals surface area contributed by atoms with E-state index in [4.69, 9.17) is 4.74 Å². The van der Waals surface area contributed by atoms with Crippen molar-refractivity contribution in [2.45, 2.75) is 56.1 Å². The van der Waals surface area contributed by atoms with E-state index >= 15 is 0 Å². The van der Waals surface area contributed by atoms with Crippen LogP contribution < -0.4 is 10.6 Å². The van der Waals surface area contributed by atoms with Gasteiger partial charge in [0.25, 0.3) is 5.91 Å². The lowest BCUT2D eigenvalue weighted by atomic mass is 9.80. The monoisotopic (exact) mass is 297 g/mol. The molecule has 0 radical (unpaired) electrons. The molecular weight excluding hydrogens is 266 g/mol. The number of hydrogen-bond acceptors (Lipinski definition) is 4. The van der Waals surface area contributed by atoms with Gasteiger partial charge in [-0.1, -0.05) is 19.3 Å². The van der Waals surface area contributed by atoms with Gasteiger partial charge in [-0.2, -0.15) is 0 Å². The second-order valence-corrected chi connectivity index (χ2v) is 6.81. The second kappa shape index (κ2) is 7.07. The Morgan fingerprint density at radius 2 is 1.76 bits per heavy atom. The fraction of sp³-hybridized carbons (Fsp3) is 0.938. The number of methoxy groups -OCH3 is 1. The average molecular weight is 297 g/mol. The standard InChI is InChI=1S/C16H31N3O2/c1-19(2)15(7-5-4-6-8-15)13-18-14(20)16(21-3)9-11-17-12-10-16/h17H,4-13H2,1-3H3,(H,18,20). The van der Waals surface area contributed by atoms with E-state index in [0.29, 0.717) is 0 Å². The van der Waals surface area contributed by atoms with E-state index in [9.17, 15) is 4.79 Å². The normalized spacial score (nSPS) is 24.8. The Labute approximate surface area is 128 Å². The predicted molar refractivity (Wildman–Crippen MR) is 84.4 cm³/mol. The Morgan fingerprint density at radius 1 is 1.14 bits per heavy atom. The quantitative estimate of drug-likeness (QED) is 0.799. The van der Waals surface area contributed by atoms with Gasteiger partial charge < -0.3 is 20.3 Å². The molecule has 0 bridgehead atoms. The summed E-state index contributed by atoms with van der Waals surface area (Å²) in [5, 5.41) is 6.49. The number of piperidine rings is 1. The third kappa shape index (κ3) is 3.58. The number of likely N-dealkylation sites (N-methyl/N-ethyl adjacent to an activating group) is 1. The van der Waals surface area contributed by atoms with Crippen molar-refractivity contribution in [1.29, 1.82) is 0 Å². The summed E-state index contributed by atoms with van der Waals surface area (Å²) in [5.41, 5.74) is -0.511. The first-order valence-corrected chi connectivity index (χ1v) is 8.26. The van der Waals surface area contributed by atoms with E-state index in [1.54, 1.807) is 7.11 Å². The molecule has 1 aliphatic carbocycles. The SMILES string of the molecule is COC1(C(=O)NCC2(N(C)C)CCCCC2)CCNCC1. The van der Waals surface area contributed by atoms with E-state index in [2.05, 4.69) is 29.6 Å². The van der Waals surface area contributed by atoms with Crippen LogP contribution in [-0.4, -0.2) is 62.8 Å². The summed E-state index contributed by atoms with van der Waals surface area (Å²) in [6.07, 6.45) is 7.68. The van der Waals surface area contributed by atoms with Gasteiger partial charge in [-0.15, -0.1) is 0 Å². The zero-order chi connectivity index (χ0) is 15.3. The topological polar surface area (TPSA) is 53.6 Å². The molecule has 0 aromatic carbocycles. The smallest absolute Gasteiger partial charge is 0.252 e. The van der Waals surface area contributed by atoms with Gasteiger partial charge in [0.05, 0.1) is 0 Å². The van der Waals surface area contributed by atoms with E-state index in [1.807, 2.05) is 0 Å². The number of nitrogens with zero attached hydrogens (tertiary/aromatic N) is 1. The lowest BCUT2D eigenvalue weighted by Gasteiger charge is -2.44. The molecule has 1 saturated heterocycles. The van der Waals surface area contributed by atoms with Crippen LogP contribution in [0.3, 0.4) is 0 Å². The first kappa shape index (κ1) is 16.7. The van der Waals surface area contributed by atoms with Crippen molar-refractivity contribution in [2.24, 2.45) is 0 Å². The van der Waals surface area contributed by atoms with Gasteiger partial charge in [-0.3, -0.25) is 4.79 Å². The fourth-order valence-electron chi connectivity index (χ4n) is 3.75. The van der Waals surface area contributed by atoms with Crippen LogP contribution in [-0.2, 0) is 9.53 Å². The molecular formula is C16H31N3O2. The molecule has 2 aliphatic rings. The number of amides is 1. The van der Waals surface area contributed by atoms with E-state index in [1.165, 1.54) is 32.1 Å². The summed E-state index contributed by atoms with van der Waals surface area (Å²) in [4.78, 5) is 15.0. The molecule has 1 aliphatic heterocycles. The molecule has 0 aromatic heterocycles. The number of hydrogen-bond donors (Lipinski definition) is 2. The highest BCUT2D eigenvalue weighted by atomic mass is 16.5. The molecule has 5 nitrogen and oxygen atoms in total. The highest BCUT2D eigenvalue weighted by molar-refractivity contribution is 5.85. The molecule has 0 unspecified atom stereocenters. The molecule has 1 heterocycles. The maximum Gasteiger partial charge on any atom is 0.252 e. The van der Waals surface area contributed by atoms with Gasteiger partial charge in [0.15, 0.2) is 0 Å². The van der Waals surface area contributed by atoms with Crippen molar-refractivity contribution in [3.8, 4) is 0 Å². The summed E-state index contributed by atoms with van der Waals surface area (Å²) in [6, 6.07) is 0. The van der Waals surface area contributed by atoms with Crippen molar-refractivity contribution >= 4 is 5.91 Å². The molecule has 2 N–H and O–H groups in total. The van der Waals surface area contributed by atoms with Gasteiger partial charge in [0.2, 0.25) is 0 Å². The van der Waals surface area contributed by atoms with Gasteiger partial charge in [0.1, 0.15) is 5.60 Å². The highest BCUT2D eigenvalue weighted by Crippen LogP contribution is 2.32. The van der Waals surface area contributed by atoms with Gasteiger partial charge in [0, 0.05) is 19.2 Å². The summed E-state index contributed by atoms with van der Waals surface area (Å²) in [7, 11) is 5.93. The van der Waals surface area contributed by atoms with Crippen molar-refractivity contribution in [3.63, 3.8) is 0 Å². The first-order chi connectivity index (χ1) is 10.0. The zero-order valence-corrected chi connectivity index (χ0v) is 13.8. The van der Waals surface area contributed by atoms with Crippen molar-refractivity contribution in [1.82, 2.24) is 15.5 Å². The molecule has 5 heteroatoms. The lowest BCUT2D eigenvalue weighted by Crippen LogP contribution is -2.59. The van der Waals surface area contributed by atoms with Crippen molar-refractivity contribution < 1.29 is 9.53 Å². The largest absolute Gasteiger partial charge is 0.368 e. The Balaban J connectivity index is 1.97. The molecule has 1 amide bonds. The molecule has 21 heavy (non-hydrogen) atoms. The molecule has 0 atom stereocenters. The summed E-state index contributed by atoms with van der Waals surface area (Å²) in [5.74, 6) is 0.0679. The summed E-state index contributed by atoms with van der Waals surface area (Å²) < 4.78 is 5.61. The number of ether oxygens (including phenoxy) is 1. The molecule has 0 spiro atoms. The maximum atomic E-state index is 12.7. The van der Waals surface area contributed by atoms with E-state index < -0.39 is 5.60 Å². The van der Waals surface area contributed by atoms with Gasteiger partial charge >= 0.3 is 0 Å². The van der Waals surface area contributed by atoms with Crippen LogP contribution in [0.25, 0.3) is 0 Å². The minimum absolute atomic E-state index is 0.0679. The van der Waals surface area contributed by atoms with E-state index in [0.717, 1.165) is 32.5 Å². The zero-order valence-electron chi connectivity index (χ0n) is 13.8. The van der Waals surface area contributed by atoms with Gasteiger partial charge in [-0.05, 0) is 52.9 Å². The van der Waals surface area contributed by atoms with Crippen molar-refractivity contribution in [2.75, 3.05) is 40.8 Å². The Morgan fingerprint density at radius 3 is 2.29 bits per heavy atom. The van der Waals surface area contributed by atoms with Crippen LogP contribution >= 0.6 is 0 Å². The van der Waals surface area contributed by atoms with Crippen LogP contribution in [0, 0.1) is 0 Å². The summed E-state index contributed by atoms with van der Waals surface area (Å²) in [6.45, 7) is 2.43.